The van der Waals surface area contributed by atoms with Gasteiger partial charge in [0, 0.05) is 30.4 Å². The number of aromatic nitrogens is 2. The van der Waals surface area contributed by atoms with Crippen LogP contribution in [0.2, 0.25) is 5.02 Å². The van der Waals surface area contributed by atoms with Gasteiger partial charge in [-0.3, -0.25) is 4.68 Å². The van der Waals surface area contributed by atoms with Crippen LogP contribution in [0, 0.1) is 6.92 Å². The molecule has 0 aliphatic carbocycles. The van der Waals surface area contributed by atoms with Gasteiger partial charge in [-0.25, -0.2) is 0 Å². The van der Waals surface area contributed by atoms with E-state index in [1.165, 1.54) is 0 Å². The fourth-order valence-corrected chi connectivity index (χ4v) is 2.18. The van der Waals surface area contributed by atoms with Crippen molar-refractivity contribution < 1.29 is 0 Å². The lowest BCUT2D eigenvalue weighted by Crippen LogP contribution is -2.05. The number of halogens is 1. The molecule has 2 aromatic rings. The maximum absolute atomic E-state index is 6.25. The van der Waals surface area contributed by atoms with Gasteiger partial charge in [0.1, 0.15) is 0 Å². The second-order valence-corrected chi connectivity index (χ2v) is 4.55. The first-order valence-corrected chi connectivity index (χ1v) is 5.93. The molecule has 0 bridgehead atoms. The number of benzene rings is 1. The Labute approximate surface area is 106 Å². The van der Waals surface area contributed by atoms with Gasteiger partial charge in [-0.15, -0.1) is 0 Å². The van der Waals surface area contributed by atoms with Gasteiger partial charge in [0.05, 0.1) is 5.69 Å². The van der Waals surface area contributed by atoms with Gasteiger partial charge in [-0.2, -0.15) is 5.10 Å². The topological polar surface area (TPSA) is 29.9 Å². The minimum Gasteiger partial charge on any atom is -0.316 e. The van der Waals surface area contributed by atoms with Gasteiger partial charge in [-0.05, 0) is 31.2 Å². The van der Waals surface area contributed by atoms with E-state index in [9.17, 15) is 0 Å². The van der Waals surface area contributed by atoms with E-state index >= 15 is 0 Å². The molecule has 0 saturated carbocycles. The summed E-state index contributed by atoms with van der Waals surface area (Å²) < 4.78 is 1.82. The van der Waals surface area contributed by atoms with E-state index < -0.39 is 0 Å². The third-order valence-corrected chi connectivity index (χ3v) is 3.10. The molecule has 0 saturated heterocycles. The molecule has 1 N–H and O–H groups in total. The Balaban J connectivity index is 2.41. The van der Waals surface area contributed by atoms with Crippen molar-refractivity contribution in [3.8, 4) is 11.1 Å². The first kappa shape index (κ1) is 12.1. The van der Waals surface area contributed by atoms with Gasteiger partial charge in [-0.1, -0.05) is 23.7 Å². The van der Waals surface area contributed by atoms with Crippen LogP contribution in [0.25, 0.3) is 11.1 Å². The van der Waals surface area contributed by atoms with Crippen LogP contribution in [0.1, 0.15) is 11.3 Å². The molecular weight excluding hydrogens is 234 g/mol. The van der Waals surface area contributed by atoms with Crippen molar-refractivity contribution >= 4 is 11.6 Å². The largest absolute Gasteiger partial charge is 0.316 e. The first-order chi connectivity index (χ1) is 8.11. The molecule has 0 aliphatic rings. The van der Waals surface area contributed by atoms with Crippen molar-refractivity contribution in [3.05, 3.63) is 40.7 Å². The van der Waals surface area contributed by atoms with E-state index in [0.29, 0.717) is 0 Å². The Bertz CT molecular complexity index is 531. The Hall–Kier alpha value is -1.32. The number of nitrogens with one attached hydrogen (secondary N) is 1. The molecule has 0 fully saturated rings. The summed E-state index contributed by atoms with van der Waals surface area (Å²) in [5, 5.41) is 8.23. The van der Waals surface area contributed by atoms with Crippen molar-refractivity contribution in [1.82, 2.24) is 15.1 Å². The van der Waals surface area contributed by atoms with Crippen molar-refractivity contribution in [2.24, 2.45) is 7.05 Å². The average Bonchev–Trinajstić information content (AvgIpc) is 2.61. The smallest absolute Gasteiger partial charge is 0.0671 e. The molecule has 4 heteroatoms. The molecule has 0 unspecified atom stereocenters. The van der Waals surface area contributed by atoms with Crippen LogP contribution in [0.5, 0.6) is 0 Å². The SMILES string of the molecule is CNCc1ccc(-c2cn(C)nc2C)cc1Cl. The zero-order valence-electron chi connectivity index (χ0n) is 10.3. The molecule has 0 spiro atoms. The molecule has 1 aromatic carbocycles. The lowest BCUT2D eigenvalue weighted by atomic mass is 10.0. The summed E-state index contributed by atoms with van der Waals surface area (Å²) in [6.07, 6.45) is 2.01. The second kappa shape index (κ2) is 4.90. The zero-order chi connectivity index (χ0) is 12.4. The predicted octanol–water partition coefficient (Wildman–Crippen LogP) is 2.77. The molecule has 0 radical (unpaired) electrons. The first-order valence-electron chi connectivity index (χ1n) is 5.55. The summed E-state index contributed by atoms with van der Waals surface area (Å²) in [6.45, 7) is 2.79. The van der Waals surface area contributed by atoms with Crippen LogP contribution in [-0.2, 0) is 13.6 Å². The van der Waals surface area contributed by atoms with Crippen molar-refractivity contribution in [1.29, 1.82) is 0 Å². The molecule has 90 valence electrons. The second-order valence-electron chi connectivity index (χ2n) is 4.14. The highest BCUT2D eigenvalue weighted by atomic mass is 35.5. The monoisotopic (exact) mass is 249 g/mol. The van der Waals surface area contributed by atoms with Crippen molar-refractivity contribution in [3.63, 3.8) is 0 Å². The predicted molar refractivity (Wildman–Crippen MR) is 71.2 cm³/mol. The molecule has 1 heterocycles. The normalized spacial score (nSPS) is 10.8. The summed E-state index contributed by atoms with van der Waals surface area (Å²) in [6, 6.07) is 6.14. The Morgan fingerprint density at radius 1 is 1.41 bits per heavy atom. The summed E-state index contributed by atoms with van der Waals surface area (Å²) in [5.41, 5.74) is 4.37. The fraction of sp³-hybridized carbons (Fsp3) is 0.308. The number of nitrogens with zero attached hydrogens (tertiary/aromatic N) is 2. The highest BCUT2D eigenvalue weighted by molar-refractivity contribution is 6.31. The number of rotatable bonds is 3. The highest BCUT2D eigenvalue weighted by Gasteiger charge is 2.08. The highest BCUT2D eigenvalue weighted by Crippen LogP contribution is 2.27. The van der Waals surface area contributed by atoms with E-state index in [2.05, 4.69) is 22.5 Å². The summed E-state index contributed by atoms with van der Waals surface area (Å²) in [4.78, 5) is 0. The van der Waals surface area contributed by atoms with Crippen molar-refractivity contribution in [2.75, 3.05) is 7.05 Å². The maximum Gasteiger partial charge on any atom is 0.0671 e. The minimum atomic E-state index is 0.783. The van der Waals surface area contributed by atoms with Gasteiger partial charge in [0.25, 0.3) is 0 Å². The van der Waals surface area contributed by atoms with Crippen molar-refractivity contribution in [2.45, 2.75) is 13.5 Å². The molecule has 3 nitrogen and oxygen atoms in total. The standard InChI is InChI=1S/C13H16ClN3/c1-9-12(8-17(3)16-9)10-4-5-11(7-15-2)13(14)6-10/h4-6,8,15H,7H2,1-3H3. The molecule has 1 aromatic heterocycles. The molecule has 17 heavy (non-hydrogen) atoms. The fourth-order valence-electron chi connectivity index (χ4n) is 1.93. The Morgan fingerprint density at radius 3 is 2.71 bits per heavy atom. The van der Waals surface area contributed by atoms with Crippen LogP contribution in [0.15, 0.2) is 24.4 Å². The third-order valence-electron chi connectivity index (χ3n) is 2.74. The average molecular weight is 250 g/mol. The Morgan fingerprint density at radius 2 is 2.18 bits per heavy atom. The van der Waals surface area contributed by atoms with Crippen LogP contribution >= 0.6 is 11.6 Å². The number of hydrogen-bond acceptors (Lipinski definition) is 2. The lowest BCUT2D eigenvalue weighted by Gasteiger charge is -2.06. The van der Waals surface area contributed by atoms with E-state index in [1.807, 2.05) is 38.0 Å². The molecule has 0 amide bonds. The molecular formula is C13H16ClN3. The van der Waals surface area contributed by atoms with E-state index in [4.69, 9.17) is 11.6 Å². The van der Waals surface area contributed by atoms with Crippen LogP contribution < -0.4 is 5.32 Å². The maximum atomic E-state index is 6.25. The molecule has 0 aliphatic heterocycles. The van der Waals surface area contributed by atoms with Gasteiger partial charge in [0.2, 0.25) is 0 Å². The lowest BCUT2D eigenvalue weighted by molar-refractivity contribution is 0.756. The number of hydrogen-bond donors (Lipinski definition) is 1. The van der Waals surface area contributed by atoms with E-state index in [-0.39, 0.29) is 0 Å². The minimum absolute atomic E-state index is 0.783. The molecule has 2 rings (SSSR count). The summed E-state index contributed by atoms with van der Waals surface area (Å²) in [7, 11) is 3.84. The van der Waals surface area contributed by atoms with E-state index in [0.717, 1.165) is 34.0 Å². The third kappa shape index (κ3) is 2.51. The molecule has 0 atom stereocenters. The number of aryl methyl sites for hydroxylation is 2. The van der Waals surface area contributed by atoms with Gasteiger partial charge >= 0.3 is 0 Å². The quantitative estimate of drug-likeness (QED) is 0.907. The van der Waals surface area contributed by atoms with Crippen LogP contribution in [-0.4, -0.2) is 16.8 Å². The van der Waals surface area contributed by atoms with Crippen LogP contribution in [0.4, 0.5) is 0 Å². The summed E-state index contributed by atoms with van der Waals surface area (Å²) in [5.74, 6) is 0. The van der Waals surface area contributed by atoms with E-state index in [1.54, 1.807) is 0 Å². The zero-order valence-corrected chi connectivity index (χ0v) is 11.0. The van der Waals surface area contributed by atoms with Gasteiger partial charge < -0.3 is 5.32 Å². The summed E-state index contributed by atoms with van der Waals surface area (Å²) >= 11 is 6.25. The Kier molecular flexibility index (Phi) is 3.50. The van der Waals surface area contributed by atoms with Gasteiger partial charge in [0.15, 0.2) is 0 Å². The van der Waals surface area contributed by atoms with Crippen LogP contribution in [0.3, 0.4) is 0 Å².